The third-order valence-electron chi connectivity index (χ3n) is 2.89. The number of para-hydroxylation sites is 1. The van der Waals surface area contributed by atoms with Crippen molar-refractivity contribution < 1.29 is 4.74 Å². The van der Waals surface area contributed by atoms with E-state index in [1.165, 1.54) is 0 Å². The molecular weight excluding hydrogens is 391 g/mol. The Morgan fingerprint density at radius 3 is 2.68 bits per heavy atom. The maximum atomic E-state index is 6.25. The zero-order chi connectivity index (χ0) is 13.8. The molecule has 0 radical (unpaired) electrons. The van der Waals surface area contributed by atoms with Crippen LogP contribution in [-0.4, -0.2) is 7.11 Å². The molecule has 2 rings (SSSR count). The van der Waals surface area contributed by atoms with E-state index in [0.717, 1.165) is 32.8 Å². The minimum atomic E-state index is 0.147. The highest BCUT2D eigenvalue weighted by Gasteiger charge is 2.14. The van der Waals surface area contributed by atoms with E-state index in [2.05, 4.69) is 37.9 Å². The summed E-state index contributed by atoms with van der Waals surface area (Å²) in [6.07, 6.45) is 0.820. The minimum absolute atomic E-state index is 0.147. The van der Waals surface area contributed by atoms with Crippen LogP contribution in [0.3, 0.4) is 0 Å². The normalized spacial score (nSPS) is 12.2. The molecule has 0 bridgehead atoms. The predicted molar refractivity (Wildman–Crippen MR) is 87.5 cm³/mol. The van der Waals surface area contributed by atoms with Crippen LogP contribution in [-0.2, 0) is 6.42 Å². The standard InChI is InChI=1S/C15H13Br2ClO/c1-19-15-5-3-2-4-10(15)8-13(17)12-9-11(16)6-7-14(12)18/h2-7,9,13H,8H2,1H3. The molecule has 4 heteroatoms. The molecule has 1 atom stereocenters. The number of methoxy groups -OCH3 is 1. The van der Waals surface area contributed by atoms with Gasteiger partial charge in [0.2, 0.25) is 0 Å². The van der Waals surface area contributed by atoms with Crippen molar-refractivity contribution in [1.82, 2.24) is 0 Å². The number of alkyl halides is 1. The van der Waals surface area contributed by atoms with Crippen molar-refractivity contribution in [2.45, 2.75) is 11.2 Å². The minimum Gasteiger partial charge on any atom is -0.496 e. The quantitative estimate of drug-likeness (QED) is 0.586. The van der Waals surface area contributed by atoms with Gasteiger partial charge in [-0.25, -0.2) is 0 Å². The van der Waals surface area contributed by atoms with Crippen molar-refractivity contribution in [3.05, 3.63) is 63.1 Å². The van der Waals surface area contributed by atoms with Crippen molar-refractivity contribution >= 4 is 43.5 Å². The Hall–Kier alpha value is -0.510. The summed E-state index contributed by atoms with van der Waals surface area (Å²) in [5, 5.41) is 0.764. The van der Waals surface area contributed by atoms with Crippen molar-refractivity contribution in [1.29, 1.82) is 0 Å². The first-order valence-corrected chi connectivity index (χ1v) is 7.91. The van der Waals surface area contributed by atoms with Gasteiger partial charge in [0.25, 0.3) is 0 Å². The maximum Gasteiger partial charge on any atom is 0.122 e. The van der Waals surface area contributed by atoms with Crippen LogP contribution in [0.15, 0.2) is 46.9 Å². The molecule has 2 aromatic rings. The van der Waals surface area contributed by atoms with Gasteiger partial charge in [-0.05, 0) is 41.8 Å². The molecule has 0 aromatic heterocycles. The van der Waals surface area contributed by atoms with Crippen LogP contribution in [0.2, 0.25) is 5.02 Å². The summed E-state index contributed by atoms with van der Waals surface area (Å²) in [6.45, 7) is 0. The van der Waals surface area contributed by atoms with Crippen LogP contribution in [0.5, 0.6) is 5.75 Å². The fourth-order valence-electron chi connectivity index (χ4n) is 1.93. The largest absolute Gasteiger partial charge is 0.496 e. The van der Waals surface area contributed by atoms with Crippen LogP contribution >= 0.6 is 43.5 Å². The molecule has 0 amide bonds. The number of benzene rings is 2. The van der Waals surface area contributed by atoms with E-state index in [-0.39, 0.29) is 4.83 Å². The lowest BCUT2D eigenvalue weighted by molar-refractivity contribution is 0.409. The molecule has 0 heterocycles. The number of hydrogen-bond donors (Lipinski definition) is 0. The zero-order valence-corrected chi connectivity index (χ0v) is 14.3. The highest BCUT2D eigenvalue weighted by Crippen LogP contribution is 2.35. The summed E-state index contributed by atoms with van der Waals surface area (Å²) in [4.78, 5) is 0.147. The Kier molecular flexibility index (Phi) is 5.31. The molecule has 0 saturated heterocycles. The number of hydrogen-bond acceptors (Lipinski definition) is 1. The second-order valence-electron chi connectivity index (χ2n) is 4.15. The lowest BCUT2D eigenvalue weighted by atomic mass is 10.0. The van der Waals surface area contributed by atoms with Gasteiger partial charge in [-0.1, -0.05) is 61.7 Å². The highest BCUT2D eigenvalue weighted by molar-refractivity contribution is 9.10. The van der Waals surface area contributed by atoms with Gasteiger partial charge in [0.15, 0.2) is 0 Å². The summed E-state index contributed by atoms with van der Waals surface area (Å²) < 4.78 is 6.40. The SMILES string of the molecule is COc1ccccc1CC(Br)c1cc(Br)ccc1Cl. The molecule has 0 fully saturated rings. The van der Waals surface area contributed by atoms with Crippen LogP contribution < -0.4 is 4.74 Å². The molecule has 0 spiro atoms. The average Bonchev–Trinajstić information content (AvgIpc) is 2.42. The van der Waals surface area contributed by atoms with Gasteiger partial charge in [0.1, 0.15) is 5.75 Å². The molecule has 0 aliphatic heterocycles. The maximum absolute atomic E-state index is 6.25. The second-order valence-corrected chi connectivity index (χ2v) is 6.58. The van der Waals surface area contributed by atoms with E-state index in [1.807, 2.05) is 36.4 Å². The Bertz CT molecular complexity index is 572. The summed E-state index contributed by atoms with van der Waals surface area (Å²) in [5.74, 6) is 0.901. The molecule has 0 N–H and O–H groups in total. The van der Waals surface area contributed by atoms with Gasteiger partial charge in [0, 0.05) is 14.3 Å². The molecule has 0 aliphatic rings. The number of ether oxygens (including phenoxy) is 1. The summed E-state index contributed by atoms with van der Waals surface area (Å²) >= 11 is 13.4. The summed E-state index contributed by atoms with van der Waals surface area (Å²) in [7, 11) is 1.69. The Morgan fingerprint density at radius 2 is 1.95 bits per heavy atom. The van der Waals surface area contributed by atoms with Gasteiger partial charge in [-0.15, -0.1) is 0 Å². The van der Waals surface area contributed by atoms with E-state index in [0.29, 0.717) is 0 Å². The van der Waals surface area contributed by atoms with Crippen molar-refractivity contribution in [2.24, 2.45) is 0 Å². The van der Waals surface area contributed by atoms with Gasteiger partial charge in [0.05, 0.1) is 7.11 Å². The predicted octanol–water partition coefficient (Wildman–Crippen LogP) is 5.79. The fraction of sp³-hybridized carbons (Fsp3) is 0.200. The van der Waals surface area contributed by atoms with Gasteiger partial charge >= 0.3 is 0 Å². The molecule has 2 aromatic carbocycles. The van der Waals surface area contributed by atoms with Gasteiger partial charge in [-0.3, -0.25) is 0 Å². The highest BCUT2D eigenvalue weighted by atomic mass is 79.9. The Balaban J connectivity index is 2.25. The monoisotopic (exact) mass is 402 g/mol. The van der Waals surface area contributed by atoms with E-state index in [1.54, 1.807) is 7.11 Å². The first-order chi connectivity index (χ1) is 9.11. The van der Waals surface area contributed by atoms with Crippen molar-refractivity contribution in [3.8, 4) is 5.75 Å². The topological polar surface area (TPSA) is 9.23 Å². The first kappa shape index (κ1) is 14.9. The molecule has 19 heavy (non-hydrogen) atoms. The smallest absolute Gasteiger partial charge is 0.122 e. The summed E-state index contributed by atoms with van der Waals surface area (Å²) in [5.41, 5.74) is 2.23. The average molecular weight is 405 g/mol. The summed E-state index contributed by atoms with van der Waals surface area (Å²) in [6, 6.07) is 13.9. The molecular formula is C15H13Br2ClO. The van der Waals surface area contributed by atoms with Gasteiger partial charge < -0.3 is 4.74 Å². The number of rotatable bonds is 4. The first-order valence-electron chi connectivity index (χ1n) is 5.82. The molecule has 0 saturated carbocycles. The number of halogens is 3. The lowest BCUT2D eigenvalue weighted by Gasteiger charge is -2.14. The molecule has 1 nitrogen and oxygen atoms in total. The van der Waals surface area contributed by atoms with Crippen molar-refractivity contribution in [2.75, 3.05) is 7.11 Å². The Labute approximate surface area is 135 Å². The van der Waals surface area contributed by atoms with Crippen LogP contribution in [0, 0.1) is 0 Å². The van der Waals surface area contributed by atoms with E-state index in [4.69, 9.17) is 16.3 Å². The Morgan fingerprint density at radius 1 is 1.21 bits per heavy atom. The third kappa shape index (κ3) is 3.74. The fourth-order valence-corrected chi connectivity index (χ4v) is 3.42. The van der Waals surface area contributed by atoms with Crippen LogP contribution in [0.25, 0.3) is 0 Å². The zero-order valence-electron chi connectivity index (χ0n) is 10.4. The third-order valence-corrected chi connectivity index (χ3v) is 4.54. The second kappa shape index (κ2) is 6.78. The molecule has 0 aliphatic carbocycles. The molecule has 1 unspecified atom stereocenters. The van der Waals surface area contributed by atoms with Gasteiger partial charge in [-0.2, -0.15) is 0 Å². The van der Waals surface area contributed by atoms with Crippen molar-refractivity contribution in [3.63, 3.8) is 0 Å². The van der Waals surface area contributed by atoms with E-state index >= 15 is 0 Å². The van der Waals surface area contributed by atoms with E-state index < -0.39 is 0 Å². The lowest BCUT2D eigenvalue weighted by Crippen LogP contribution is -1.99. The van der Waals surface area contributed by atoms with Crippen LogP contribution in [0.1, 0.15) is 16.0 Å². The van der Waals surface area contributed by atoms with Crippen LogP contribution in [0.4, 0.5) is 0 Å². The van der Waals surface area contributed by atoms with E-state index in [9.17, 15) is 0 Å². The molecule has 100 valence electrons.